The highest BCUT2D eigenvalue weighted by Gasteiger charge is 2.23. The van der Waals surface area contributed by atoms with Crippen molar-refractivity contribution < 1.29 is 19.7 Å². The molecule has 0 saturated carbocycles. The molecule has 134 valence electrons. The summed E-state index contributed by atoms with van der Waals surface area (Å²) in [6.45, 7) is 3.63. The van der Waals surface area contributed by atoms with Crippen LogP contribution in [-0.2, 0) is 11.3 Å². The summed E-state index contributed by atoms with van der Waals surface area (Å²) in [6.07, 6.45) is -2.95. The summed E-state index contributed by atoms with van der Waals surface area (Å²) in [5.74, 6) is 0. The fourth-order valence-electron chi connectivity index (χ4n) is 2.65. The third-order valence-corrected chi connectivity index (χ3v) is 4.11. The molecule has 2 rings (SSSR count). The molecule has 0 bridgehead atoms. The third kappa shape index (κ3) is 5.46. The maximum Gasteiger partial charge on any atom is 0.407 e. The van der Waals surface area contributed by atoms with Crippen LogP contribution >= 0.6 is 11.6 Å². The Balaban J connectivity index is 1.87. The number of halogens is 1. The first kappa shape index (κ1) is 19.2. The Hall–Kier alpha value is -2.08. The highest BCUT2D eigenvalue weighted by molar-refractivity contribution is 6.30. The van der Waals surface area contributed by atoms with Gasteiger partial charge in [0, 0.05) is 11.6 Å². The van der Waals surface area contributed by atoms with Crippen LogP contribution in [0.2, 0.25) is 5.02 Å². The van der Waals surface area contributed by atoms with Gasteiger partial charge in [0.1, 0.15) is 18.8 Å². The molecule has 0 aliphatic carbocycles. The van der Waals surface area contributed by atoms with E-state index >= 15 is 0 Å². The van der Waals surface area contributed by atoms with E-state index in [1.807, 2.05) is 44.2 Å². The number of hydrogen-bond donors (Lipinski definition) is 3. The molecule has 2 aromatic rings. The van der Waals surface area contributed by atoms with Crippen LogP contribution in [0.1, 0.15) is 28.4 Å². The Labute approximate surface area is 152 Å². The highest BCUT2D eigenvalue weighted by Crippen LogP contribution is 2.27. The summed E-state index contributed by atoms with van der Waals surface area (Å²) in [4.78, 5) is 11.7. The minimum atomic E-state index is -1.16. The van der Waals surface area contributed by atoms with Crippen LogP contribution in [0.3, 0.4) is 0 Å². The largest absolute Gasteiger partial charge is 0.445 e. The number of benzene rings is 2. The Morgan fingerprint density at radius 1 is 1.16 bits per heavy atom. The number of rotatable bonds is 6. The summed E-state index contributed by atoms with van der Waals surface area (Å²) >= 11 is 5.98. The van der Waals surface area contributed by atoms with Crippen LogP contribution < -0.4 is 5.32 Å². The van der Waals surface area contributed by atoms with Crippen molar-refractivity contribution in [1.82, 2.24) is 5.32 Å². The van der Waals surface area contributed by atoms with Gasteiger partial charge in [-0.25, -0.2) is 4.79 Å². The van der Waals surface area contributed by atoms with Crippen molar-refractivity contribution in [2.75, 3.05) is 6.54 Å². The van der Waals surface area contributed by atoms with Crippen LogP contribution in [0.25, 0.3) is 0 Å². The van der Waals surface area contributed by atoms with Gasteiger partial charge in [0.2, 0.25) is 0 Å². The predicted molar refractivity (Wildman–Crippen MR) is 96.5 cm³/mol. The van der Waals surface area contributed by atoms with Crippen molar-refractivity contribution in [1.29, 1.82) is 0 Å². The van der Waals surface area contributed by atoms with E-state index in [9.17, 15) is 15.0 Å². The predicted octanol–water partition coefficient (Wildman–Crippen LogP) is 3.28. The normalized spacial score (nSPS) is 13.2. The van der Waals surface area contributed by atoms with Gasteiger partial charge in [0.05, 0.1) is 0 Å². The molecule has 3 N–H and O–H groups in total. The fraction of sp³-hybridized carbons (Fsp3) is 0.316. The number of ether oxygens (including phenoxy) is 1. The zero-order valence-corrected chi connectivity index (χ0v) is 15.0. The first-order valence-electron chi connectivity index (χ1n) is 7.96. The Bertz CT molecular complexity index is 698. The van der Waals surface area contributed by atoms with Gasteiger partial charge in [-0.3, -0.25) is 0 Å². The first-order valence-corrected chi connectivity index (χ1v) is 8.33. The number of hydrogen-bond acceptors (Lipinski definition) is 4. The summed E-state index contributed by atoms with van der Waals surface area (Å²) in [5.41, 5.74) is 3.04. The minimum absolute atomic E-state index is 0.129. The van der Waals surface area contributed by atoms with Crippen molar-refractivity contribution in [2.24, 2.45) is 0 Å². The number of aliphatic hydroxyl groups is 2. The van der Waals surface area contributed by atoms with Gasteiger partial charge in [-0.2, -0.15) is 0 Å². The Morgan fingerprint density at radius 3 is 2.36 bits per heavy atom. The van der Waals surface area contributed by atoms with E-state index in [1.165, 1.54) is 0 Å². The maximum absolute atomic E-state index is 11.7. The molecular weight excluding hydrogens is 342 g/mol. The molecule has 0 heterocycles. The molecule has 0 aliphatic rings. The summed E-state index contributed by atoms with van der Waals surface area (Å²) in [5, 5.41) is 23.6. The smallest absolute Gasteiger partial charge is 0.407 e. The van der Waals surface area contributed by atoms with Crippen molar-refractivity contribution in [2.45, 2.75) is 32.7 Å². The lowest BCUT2D eigenvalue weighted by molar-refractivity contribution is 0.0177. The number of carbonyl (C=O) groups excluding carboxylic acids is 1. The van der Waals surface area contributed by atoms with E-state index in [-0.39, 0.29) is 13.2 Å². The summed E-state index contributed by atoms with van der Waals surface area (Å²) in [6, 6.07) is 12.7. The molecule has 0 aromatic heterocycles. The van der Waals surface area contributed by atoms with E-state index < -0.39 is 18.3 Å². The lowest BCUT2D eigenvalue weighted by Gasteiger charge is -2.22. The average Bonchev–Trinajstić information content (AvgIpc) is 2.57. The second-order valence-electron chi connectivity index (χ2n) is 5.91. The van der Waals surface area contributed by atoms with Gasteiger partial charge in [0.15, 0.2) is 0 Å². The number of nitrogens with one attached hydrogen (secondary N) is 1. The van der Waals surface area contributed by atoms with Crippen LogP contribution in [0.5, 0.6) is 0 Å². The maximum atomic E-state index is 11.7. The third-order valence-electron chi connectivity index (χ3n) is 3.89. The molecule has 2 aromatic carbocycles. The number of alkyl carbamates (subject to hydrolysis) is 1. The Kier molecular flexibility index (Phi) is 6.82. The molecule has 0 radical (unpaired) electrons. The van der Waals surface area contributed by atoms with Crippen molar-refractivity contribution >= 4 is 17.7 Å². The zero-order valence-electron chi connectivity index (χ0n) is 14.2. The number of carbonyl (C=O) groups is 1. The van der Waals surface area contributed by atoms with Crippen LogP contribution in [0, 0.1) is 13.8 Å². The van der Waals surface area contributed by atoms with E-state index in [0.717, 1.165) is 16.7 Å². The molecule has 0 fully saturated rings. The van der Waals surface area contributed by atoms with Gasteiger partial charge in [-0.15, -0.1) is 0 Å². The van der Waals surface area contributed by atoms with Gasteiger partial charge in [-0.05, 0) is 48.2 Å². The fourth-order valence-corrected chi connectivity index (χ4v) is 2.98. The molecule has 2 unspecified atom stereocenters. The standard InChI is InChI=1S/C19H22ClNO4/c1-12-8-15(20)9-13(2)17(12)18(23)16(22)10-21-19(24)25-11-14-6-4-3-5-7-14/h3-9,16,18,22-23H,10-11H2,1-2H3,(H,21,24). The van der Waals surface area contributed by atoms with Crippen LogP contribution in [-0.4, -0.2) is 29.0 Å². The molecule has 0 spiro atoms. The summed E-state index contributed by atoms with van der Waals surface area (Å²) in [7, 11) is 0. The van der Waals surface area contributed by atoms with E-state index in [4.69, 9.17) is 16.3 Å². The Morgan fingerprint density at radius 2 is 1.76 bits per heavy atom. The molecular formula is C19H22ClNO4. The highest BCUT2D eigenvalue weighted by atomic mass is 35.5. The van der Waals surface area contributed by atoms with E-state index in [0.29, 0.717) is 10.6 Å². The zero-order chi connectivity index (χ0) is 18.4. The monoisotopic (exact) mass is 363 g/mol. The van der Waals surface area contributed by atoms with Crippen LogP contribution in [0.15, 0.2) is 42.5 Å². The molecule has 0 aliphatic heterocycles. The number of aliphatic hydroxyl groups excluding tert-OH is 2. The van der Waals surface area contributed by atoms with E-state index in [1.54, 1.807) is 12.1 Å². The van der Waals surface area contributed by atoms with Crippen molar-refractivity contribution in [3.63, 3.8) is 0 Å². The number of aryl methyl sites for hydroxylation is 2. The van der Waals surface area contributed by atoms with Gasteiger partial charge < -0.3 is 20.3 Å². The van der Waals surface area contributed by atoms with Crippen molar-refractivity contribution in [3.8, 4) is 0 Å². The molecule has 2 atom stereocenters. The first-order chi connectivity index (χ1) is 11.9. The van der Waals surface area contributed by atoms with Crippen molar-refractivity contribution in [3.05, 3.63) is 69.7 Å². The van der Waals surface area contributed by atoms with E-state index in [2.05, 4.69) is 5.32 Å². The lowest BCUT2D eigenvalue weighted by atomic mass is 9.95. The molecule has 1 amide bonds. The average molecular weight is 364 g/mol. The topological polar surface area (TPSA) is 78.8 Å². The van der Waals surface area contributed by atoms with Crippen LogP contribution in [0.4, 0.5) is 4.79 Å². The lowest BCUT2D eigenvalue weighted by Crippen LogP contribution is -2.36. The molecule has 0 saturated heterocycles. The minimum Gasteiger partial charge on any atom is -0.445 e. The van der Waals surface area contributed by atoms with Gasteiger partial charge in [0.25, 0.3) is 0 Å². The number of amides is 1. The summed E-state index contributed by atoms with van der Waals surface area (Å²) < 4.78 is 5.07. The second kappa shape index (κ2) is 8.85. The van der Waals surface area contributed by atoms with Gasteiger partial charge in [-0.1, -0.05) is 41.9 Å². The molecule has 5 nitrogen and oxygen atoms in total. The second-order valence-corrected chi connectivity index (χ2v) is 6.34. The quantitative estimate of drug-likeness (QED) is 0.736. The molecule has 25 heavy (non-hydrogen) atoms. The molecule has 6 heteroatoms. The van der Waals surface area contributed by atoms with Gasteiger partial charge >= 0.3 is 6.09 Å². The SMILES string of the molecule is Cc1cc(Cl)cc(C)c1C(O)C(O)CNC(=O)OCc1ccccc1.